The molecular formula is C18H11Cl2N3O2. The average Bonchev–Trinajstić information content (AvgIpc) is 2.97. The Morgan fingerprint density at radius 2 is 1.80 bits per heavy atom. The van der Waals surface area contributed by atoms with Crippen LogP contribution in [0.4, 0.5) is 5.69 Å². The first-order valence-electron chi connectivity index (χ1n) is 7.23. The molecule has 1 heterocycles. The third kappa shape index (κ3) is 3.36. The number of rotatable bonds is 3. The number of hydrogen-bond donors (Lipinski definition) is 1. The van der Waals surface area contributed by atoms with Gasteiger partial charge in [0, 0.05) is 11.3 Å². The lowest BCUT2D eigenvalue weighted by atomic mass is 10.1. The van der Waals surface area contributed by atoms with Gasteiger partial charge in [-0.25, -0.2) is 0 Å². The molecule has 0 bridgehead atoms. The Morgan fingerprint density at radius 3 is 2.40 bits per heavy atom. The van der Waals surface area contributed by atoms with Gasteiger partial charge < -0.3 is 9.84 Å². The summed E-state index contributed by atoms with van der Waals surface area (Å²) in [5, 5.41) is 16.3. The quantitative estimate of drug-likeness (QED) is 0.695. The van der Waals surface area contributed by atoms with E-state index in [4.69, 9.17) is 33.0 Å². The Morgan fingerprint density at radius 1 is 1.16 bits per heavy atom. The van der Waals surface area contributed by atoms with Crippen LogP contribution in [0.1, 0.15) is 21.7 Å². The maximum Gasteiger partial charge on any atom is 0.261 e. The van der Waals surface area contributed by atoms with Crippen LogP contribution in [-0.2, 0) is 0 Å². The second-order valence-corrected chi connectivity index (χ2v) is 6.02. The SMILES string of the molecule is Cc1onc(-c2c(Cl)cccc2Cl)c1C(=O)Nc1ccc(C#N)cc1. The van der Waals surface area contributed by atoms with Gasteiger partial charge in [0.1, 0.15) is 17.0 Å². The minimum absolute atomic E-state index is 0.249. The number of anilines is 1. The molecular weight excluding hydrogens is 361 g/mol. The minimum atomic E-state index is -0.408. The topological polar surface area (TPSA) is 78.9 Å². The van der Waals surface area contributed by atoms with Crippen LogP contribution in [0.2, 0.25) is 10.0 Å². The Kier molecular flexibility index (Phi) is 4.75. The number of nitrogens with zero attached hydrogens (tertiary/aromatic N) is 2. The number of amides is 1. The van der Waals surface area contributed by atoms with Crippen LogP contribution in [0.25, 0.3) is 11.3 Å². The molecule has 0 atom stereocenters. The van der Waals surface area contributed by atoms with Gasteiger partial charge in [0.25, 0.3) is 5.91 Å². The lowest BCUT2D eigenvalue weighted by molar-refractivity contribution is 0.102. The highest BCUT2D eigenvalue weighted by Gasteiger charge is 2.24. The largest absolute Gasteiger partial charge is 0.360 e. The van der Waals surface area contributed by atoms with Crippen molar-refractivity contribution < 1.29 is 9.32 Å². The minimum Gasteiger partial charge on any atom is -0.360 e. The van der Waals surface area contributed by atoms with Crippen molar-refractivity contribution in [2.24, 2.45) is 0 Å². The molecule has 0 fully saturated rings. The molecule has 1 amide bonds. The number of nitrogens with one attached hydrogen (secondary N) is 1. The van der Waals surface area contributed by atoms with Crippen molar-refractivity contribution in [2.75, 3.05) is 5.32 Å². The second-order valence-electron chi connectivity index (χ2n) is 5.20. The molecule has 3 aromatic rings. The zero-order chi connectivity index (χ0) is 18.0. The molecule has 5 nitrogen and oxygen atoms in total. The van der Waals surface area contributed by atoms with E-state index in [1.807, 2.05) is 6.07 Å². The fourth-order valence-corrected chi connectivity index (χ4v) is 2.93. The van der Waals surface area contributed by atoms with E-state index in [-0.39, 0.29) is 11.3 Å². The maximum absolute atomic E-state index is 12.7. The smallest absolute Gasteiger partial charge is 0.261 e. The van der Waals surface area contributed by atoms with E-state index in [0.717, 1.165) is 0 Å². The van der Waals surface area contributed by atoms with E-state index in [1.165, 1.54) is 0 Å². The summed E-state index contributed by atoms with van der Waals surface area (Å²) < 4.78 is 5.18. The van der Waals surface area contributed by atoms with Crippen LogP contribution in [0.5, 0.6) is 0 Å². The number of aromatic nitrogens is 1. The molecule has 124 valence electrons. The van der Waals surface area contributed by atoms with Crippen molar-refractivity contribution >= 4 is 34.8 Å². The molecule has 3 rings (SSSR count). The summed E-state index contributed by atoms with van der Waals surface area (Å²) in [5.41, 5.74) is 2.01. The number of hydrogen-bond acceptors (Lipinski definition) is 4. The highest BCUT2D eigenvalue weighted by Crippen LogP contribution is 2.36. The summed E-state index contributed by atoms with van der Waals surface area (Å²) >= 11 is 12.4. The number of carbonyl (C=O) groups excluding carboxylic acids is 1. The van der Waals surface area contributed by atoms with Crippen LogP contribution < -0.4 is 5.32 Å². The highest BCUT2D eigenvalue weighted by atomic mass is 35.5. The summed E-state index contributed by atoms with van der Waals surface area (Å²) in [5.74, 6) is -0.0634. The van der Waals surface area contributed by atoms with Crippen molar-refractivity contribution in [3.8, 4) is 17.3 Å². The lowest BCUT2D eigenvalue weighted by Crippen LogP contribution is -2.13. The Balaban J connectivity index is 1.99. The van der Waals surface area contributed by atoms with Crippen molar-refractivity contribution in [3.05, 3.63) is 69.4 Å². The molecule has 0 unspecified atom stereocenters. The van der Waals surface area contributed by atoms with E-state index < -0.39 is 5.91 Å². The van der Waals surface area contributed by atoms with Gasteiger partial charge in [0.05, 0.1) is 21.7 Å². The van der Waals surface area contributed by atoms with Crippen LogP contribution in [-0.4, -0.2) is 11.1 Å². The van der Waals surface area contributed by atoms with Crippen LogP contribution >= 0.6 is 23.2 Å². The van der Waals surface area contributed by atoms with E-state index in [9.17, 15) is 4.79 Å². The van der Waals surface area contributed by atoms with Crippen LogP contribution in [0.3, 0.4) is 0 Å². The molecule has 0 aliphatic heterocycles. The molecule has 25 heavy (non-hydrogen) atoms. The van der Waals surface area contributed by atoms with Crippen molar-refractivity contribution in [1.82, 2.24) is 5.16 Å². The monoisotopic (exact) mass is 371 g/mol. The lowest BCUT2D eigenvalue weighted by Gasteiger charge is -2.08. The summed E-state index contributed by atoms with van der Waals surface area (Å²) in [7, 11) is 0. The molecule has 1 N–H and O–H groups in total. The summed E-state index contributed by atoms with van der Waals surface area (Å²) in [6.45, 7) is 1.63. The maximum atomic E-state index is 12.7. The van der Waals surface area contributed by atoms with Gasteiger partial charge in [-0.15, -0.1) is 0 Å². The van der Waals surface area contributed by atoms with E-state index >= 15 is 0 Å². The van der Waals surface area contributed by atoms with Crippen LogP contribution in [0, 0.1) is 18.3 Å². The first-order chi connectivity index (χ1) is 12.0. The normalized spacial score (nSPS) is 10.3. The fourth-order valence-electron chi connectivity index (χ4n) is 2.36. The van der Waals surface area contributed by atoms with Gasteiger partial charge in [0.2, 0.25) is 0 Å². The van der Waals surface area contributed by atoms with Gasteiger partial charge in [-0.2, -0.15) is 5.26 Å². The molecule has 0 saturated heterocycles. The Labute approximate surface area is 153 Å². The van der Waals surface area contributed by atoms with Crippen molar-refractivity contribution in [2.45, 2.75) is 6.92 Å². The number of halogens is 2. The second kappa shape index (κ2) is 6.98. The standard InChI is InChI=1S/C18H11Cl2N3O2/c1-10-15(18(24)22-12-7-5-11(9-21)6-8-12)17(23-25-10)16-13(19)3-2-4-14(16)20/h2-8H,1H3,(H,22,24). The van der Waals surface area contributed by atoms with E-state index in [2.05, 4.69) is 10.5 Å². The van der Waals surface area contributed by atoms with Gasteiger partial charge in [-0.1, -0.05) is 34.4 Å². The number of aryl methyl sites for hydroxylation is 1. The molecule has 0 saturated carbocycles. The van der Waals surface area contributed by atoms with Crippen LogP contribution in [0.15, 0.2) is 47.0 Å². The van der Waals surface area contributed by atoms with E-state index in [1.54, 1.807) is 49.4 Å². The molecule has 0 aliphatic carbocycles. The fraction of sp³-hybridized carbons (Fsp3) is 0.0556. The third-order valence-electron chi connectivity index (χ3n) is 3.56. The third-order valence-corrected chi connectivity index (χ3v) is 4.19. The highest BCUT2D eigenvalue weighted by molar-refractivity contribution is 6.39. The number of carbonyl (C=O) groups is 1. The Hall–Kier alpha value is -2.81. The molecule has 0 aliphatic rings. The summed E-state index contributed by atoms with van der Waals surface area (Å²) in [6, 6.07) is 13.6. The predicted molar refractivity (Wildman–Crippen MR) is 95.8 cm³/mol. The first-order valence-corrected chi connectivity index (χ1v) is 7.99. The zero-order valence-electron chi connectivity index (χ0n) is 13.0. The number of benzene rings is 2. The first kappa shape index (κ1) is 17.0. The Bertz CT molecular complexity index is 968. The van der Waals surface area contributed by atoms with Gasteiger partial charge in [-0.05, 0) is 43.3 Å². The molecule has 7 heteroatoms. The zero-order valence-corrected chi connectivity index (χ0v) is 14.5. The van der Waals surface area contributed by atoms with Gasteiger partial charge in [-0.3, -0.25) is 4.79 Å². The molecule has 1 aromatic heterocycles. The van der Waals surface area contributed by atoms with Gasteiger partial charge >= 0.3 is 0 Å². The average molecular weight is 372 g/mol. The molecule has 0 spiro atoms. The van der Waals surface area contributed by atoms with E-state index in [0.29, 0.717) is 32.6 Å². The van der Waals surface area contributed by atoms with Crippen molar-refractivity contribution in [1.29, 1.82) is 5.26 Å². The predicted octanol–water partition coefficient (Wildman–Crippen LogP) is 5.08. The summed E-state index contributed by atoms with van der Waals surface area (Å²) in [6.07, 6.45) is 0. The molecule has 2 aromatic carbocycles. The summed E-state index contributed by atoms with van der Waals surface area (Å²) in [4.78, 5) is 12.7. The number of nitriles is 1. The van der Waals surface area contributed by atoms with Crippen molar-refractivity contribution in [3.63, 3.8) is 0 Å². The molecule has 0 radical (unpaired) electrons. The van der Waals surface area contributed by atoms with Gasteiger partial charge in [0.15, 0.2) is 0 Å².